The van der Waals surface area contributed by atoms with Crippen molar-refractivity contribution < 1.29 is 0 Å². The van der Waals surface area contributed by atoms with E-state index in [0.717, 1.165) is 28.3 Å². The van der Waals surface area contributed by atoms with Crippen molar-refractivity contribution in [1.29, 1.82) is 0 Å². The minimum atomic E-state index is -0.508. The van der Waals surface area contributed by atoms with Crippen molar-refractivity contribution in [2.75, 3.05) is 4.90 Å². The van der Waals surface area contributed by atoms with E-state index in [2.05, 4.69) is 240 Å². The Morgan fingerprint density at radius 1 is 0.368 bits per heavy atom. The number of aromatic nitrogens is 1. The van der Waals surface area contributed by atoms with Gasteiger partial charge in [-0.1, -0.05) is 176 Å². The van der Waals surface area contributed by atoms with Crippen LogP contribution in [0.2, 0.25) is 0 Å². The molecule has 11 rings (SSSR count). The normalized spacial score (nSPS) is 12.7. The van der Waals surface area contributed by atoms with E-state index in [1.54, 1.807) is 0 Å². The number of para-hydroxylation sites is 3. The Hall–Kier alpha value is -7.42. The van der Waals surface area contributed by atoms with Gasteiger partial charge in [-0.2, -0.15) is 0 Å². The average Bonchev–Trinajstić information content (AvgIpc) is 3.79. The van der Waals surface area contributed by atoms with Gasteiger partial charge in [-0.15, -0.1) is 0 Å². The summed E-state index contributed by atoms with van der Waals surface area (Å²) in [6.07, 6.45) is 0. The van der Waals surface area contributed by atoms with E-state index < -0.39 is 5.41 Å². The van der Waals surface area contributed by atoms with Crippen LogP contribution in [-0.2, 0) is 5.41 Å². The van der Waals surface area contributed by atoms with Crippen LogP contribution in [0.5, 0.6) is 0 Å². The summed E-state index contributed by atoms with van der Waals surface area (Å²) in [6, 6.07) is 84.3. The predicted octanol–water partition coefficient (Wildman–Crippen LogP) is 14.3. The maximum Gasteiger partial charge on any atom is 0.0782 e. The van der Waals surface area contributed by atoms with Crippen LogP contribution in [0, 0.1) is 0 Å². The number of rotatable bonds is 7. The van der Waals surface area contributed by atoms with Gasteiger partial charge < -0.3 is 9.47 Å². The zero-order valence-corrected chi connectivity index (χ0v) is 31.3. The second kappa shape index (κ2) is 13.4. The number of anilines is 3. The highest BCUT2D eigenvalue weighted by molar-refractivity contribution is 6.15. The molecule has 0 saturated carbocycles. The van der Waals surface area contributed by atoms with Crippen LogP contribution in [0.25, 0.3) is 49.7 Å². The van der Waals surface area contributed by atoms with Crippen LogP contribution in [-0.4, -0.2) is 4.57 Å². The molecule has 1 heterocycles. The summed E-state index contributed by atoms with van der Waals surface area (Å²) >= 11 is 0. The summed E-state index contributed by atoms with van der Waals surface area (Å²) < 4.78 is 2.45. The second-order valence-corrected chi connectivity index (χ2v) is 14.9. The Balaban J connectivity index is 1.22. The fraction of sp³-hybridized carbons (Fsp3) is 0.0182. The highest BCUT2D eigenvalue weighted by atomic mass is 15.2. The summed E-state index contributed by atoms with van der Waals surface area (Å²) in [5, 5.41) is 2.43. The van der Waals surface area contributed by atoms with Gasteiger partial charge in [0.25, 0.3) is 0 Å². The number of hydrogen-bond donors (Lipinski definition) is 0. The molecule has 0 unspecified atom stereocenters. The van der Waals surface area contributed by atoms with Gasteiger partial charge in [0, 0.05) is 27.8 Å². The van der Waals surface area contributed by atoms with Gasteiger partial charge in [0.15, 0.2) is 0 Å². The van der Waals surface area contributed by atoms with E-state index in [1.807, 2.05) is 0 Å². The van der Waals surface area contributed by atoms with E-state index in [0.29, 0.717) is 0 Å². The van der Waals surface area contributed by atoms with E-state index >= 15 is 0 Å². The Bertz CT molecular complexity index is 3000. The monoisotopic (exact) mass is 726 g/mol. The lowest BCUT2D eigenvalue weighted by molar-refractivity contribution is 0.768. The van der Waals surface area contributed by atoms with Crippen LogP contribution >= 0.6 is 0 Å². The van der Waals surface area contributed by atoms with E-state index in [-0.39, 0.29) is 0 Å². The maximum atomic E-state index is 2.46. The lowest BCUT2D eigenvalue weighted by atomic mass is 9.67. The molecule has 9 aromatic carbocycles. The number of fused-ring (bicyclic) bond motifs is 6. The second-order valence-electron chi connectivity index (χ2n) is 14.9. The topological polar surface area (TPSA) is 8.17 Å². The standard InChI is InChI=1S/C55H38N2/c1-6-19-39(20-7-1)40-33-36-52-49(37-40)48-30-18-32-53(54(48)57(52)44-27-14-5-15-28-44)56(43-25-12-4-13-26-43)45-34-35-47-46-29-16-17-31-50(46)55(51(47)38-45,41-21-8-2-9-22-41)42-23-10-3-11-24-42/h1-38H. The molecule has 0 spiro atoms. The Labute approximate surface area is 333 Å². The first-order valence-corrected chi connectivity index (χ1v) is 19.7. The molecular formula is C55H38N2. The minimum Gasteiger partial charge on any atom is -0.308 e. The van der Waals surface area contributed by atoms with Gasteiger partial charge in [0.1, 0.15) is 0 Å². The molecule has 1 aliphatic rings. The van der Waals surface area contributed by atoms with E-state index in [4.69, 9.17) is 0 Å². The largest absolute Gasteiger partial charge is 0.308 e. The lowest BCUT2D eigenvalue weighted by Gasteiger charge is -2.35. The molecule has 0 fully saturated rings. The lowest BCUT2D eigenvalue weighted by Crippen LogP contribution is -2.28. The molecule has 0 atom stereocenters. The zero-order chi connectivity index (χ0) is 37.8. The molecular weight excluding hydrogens is 689 g/mol. The SMILES string of the molecule is c1ccc(-c2ccc3c(c2)c2cccc(N(c4ccccc4)c4ccc5c(c4)C(c4ccccc4)(c4ccccc4)c4ccccc4-5)c2n3-c2ccccc2)cc1. The summed E-state index contributed by atoms with van der Waals surface area (Å²) in [4.78, 5) is 2.46. The summed E-state index contributed by atoms with van der Waals surface area (Å²) in [5.41, 5.74) is 16.3. The van der Waals surface area contributed by atoms with Crippen LogP contribution in [0.4, 0.5) is 17.1 Å². The third-order valence-electron chi connectivity index (χ3n) is 11.8. The van der Waals surface area contributed by atoms with Crippen molar-refractivity contribution in [3.8, 4) is 27.9 Å². The first-order valence-electron chi connectivity index (χ1n) is 19.7. The molecule has 57 heavy (non-hydrogen) atoms. The summed E-state index contributed by atoms with van der Waals surface area (Å²) in [5.74, 6) is 0. The average molecular weight is 727 g/mol. The van der Waals surface area contributed by atoms with Gasteiger partial charge in [0.05, 0.1) is 22.1 Å². The number of nitrogens with zero attached hydrogens (tertiary/aromatic N) is 2. The fourth-order valence-corrected chi connectivity index (χ4v) is 9.46. The molecule has 1 aromatic heterocycles. The summed E-state index contributed by atoms with van der Waals surface area (Å²) in [7, 11) is 0. The molecule has 1 aliphatic carbocycles. The molecule has 0 saturated heterocycles. The van der Waals surface area contributed by atoms with Crippen molar-refractivity contribution in [2.45, 2.75) is 5.41 Å². The maximum absolute atomic E-state index is 2.46. The third kappa shape index (κ3) is 5.11. The van der Waals surface area contributed by atoms with Crippen molar-refractivity contribution in [2.24, 2.45) is 0 Å². The van der Waals surface area contributed by atoms with E-state index in [9.17, 15) is 0 Å². The molecule has 10 aromatic rings. The van der Waals surface area contributed by atoms with Crippen molar-refractivity contribution in [3.63, 3.8) is 0 Å². The van der Waals surface area contributed by atoms with Gasteiger partial charge in [-0.05, 0) is 99.1 Å². The number of hydrogen-bond acceptors (Lipinski definition) is 1. The Morgan fingerprint density at radius 3 is 1.67 bits per heavy atom. The molecule has 0 amide bonds. The Kier molecular flexibility index (Phi) is 7.75. The highest BCUT2D eigenvalue weighted by Crippen LogP contribution is 2.57. The highest BCUT2D eigenvalue weighted by Gasteiger charge is 2.46. The van der Waals surface area contributed by atoms with Crippen LogP contribution in [0.1, 0.15) is 22.3 Å². The molecule has 0 aliphatic heterocycles. The van der Waals surface area contributed by atoms with E-state index in [1.165, 1.54) is 60.8 Å². The zero-order valence-electron chi connectivity index (χ0n) is 31.3. The third-order valence-corrected chi connectivity index (χ3v) is 11.8. The molecule has 0 bridgehead atoms. The summed E-state index contributed by atoms with van der Waals surface area (Å²) in [6.45, 7) is 0. The van der Waals surface area contributed by atoms with Crippen molar-refractivity contribution in [1.82, 2.24) is 4.57 Å². The minimum absolute atomic E-state index is 0.508. The molecule has 2 heteroatoms. The molecule has 268 valence electrons. The fourth-order valence-electron chi connectivity index (χ4n) is 9.46. The predicted molar refractivity (Wildman–Crippen MR) is 238 cm³/mol. The quantitative estimate of drug-likeness (QED) is 0.159. The van der Waals surface area contributed by atoms with Gasteiger partial charge in [-0.25, -0.2) is 0 Å². The van der Waals surface area contributed by atoms with Gasteiger partial charge in [0.2, 0.25) is 0 Å². The van der Waals surface area contributed by atoms with Crippen LogP contribution < -0.4 is 4.90 Å². The number of benzene rings is 9. The van der Waals surface area contributed by atoms with Crippen molar-refractivity contribution >= 4 is 38.9 Å². The molecule has 0 N–H and O–H groups in total. The first kappa shape index (κ1) is 33.0. The van der Waals surface area contributed by atoms with Gasteiger partial charge in [-0.3, -0.25) is 0 Å². The first-order chi connectivity index (χ1) is 28.3. The Morgan fingerprint density at radius 2 is 0.965 bits per heavy atom. The molecule has 0 radical (unpaired) electrons. The van der Waals surface area contributed by atoms with Crippen molar-refractivity contribution in [3.05, 3.63) is 253 Å². The van der Waals surface area contributed by atoms with Crippen LogP contribution in [0.15, 0.2) is 231 Å². The van der Waals surface area contributed by atoms with Gasteiger partial charge >= 0.3 is 0 Å². The molecule has 2 nitrogen and oxygen atoms in total. The van der Waals surface area contributed by atoms with Crippen LogP contribution in [0.3, 0.4) is 0 Å². The smallest absolute Gasteiger partial charge is 0.0782 e.